The standard InChI is InChI=1S/C7H8F2N2O2S/c1-11-3-5(2-10-11)14-4-7(8,9)6(12)13/h2-3H,4H2,1H3,(H,12,13). The number of hydrogen-bond donors (Lipinski definition) is 1. The predicted molar refractivity (Wildman–Crippen MR) is 46.5 cm³/mol. The normalized spacial score (nSPS) is 11.6. The van der Waals surface area contributed by atoms with Gasteiger partial charge < -0.3 is 5.11 Å². The van der Waals surface area contributed by atoms with E-state index in [0.29, 0.717) is 4.90 Å². The molecule has 1 N–H and O–H groups in total. The van der Waals surface area contributed by atoms with Crippen molar-refractivity contribution in [1.82, 2.24) is 9.78 Å². The fourth-order valence-electron chi connectivity index (χ4n) is 0.709. The highest BCUT2D eigenvalue weighted by atomic mass is 32.2. The summed E-state index contributed by atoms with van der Waals surface area (Å²) in [6, 6.07) is 0. The van der Waals surface area contributed by atoms with E-state index in [4.69, 9.17) is 5.11 Å². The van der Waals surface area contributed by atoms with Gasteiger partial charge in [0.05, 0.1) is 11.9 Å². The van der Waals surface area contributed by atoms with Crippen LogP contribution in [0.25, 0.3) is 0 Å². The van der Waals surface area contributed by atoms with Crippen molar-refractivity contribution < 1.29 is 18.7 Å². The van der Waals surface area contributed by atoms with E-state index in [1.807, 2.05) is 0 Å². The van der Waals surface area contributed by atoms with Crippen LogP contribution in [-0.4, -0.2) is 32.5 Å². The maximum Gasteiger partial charge on any atom is 0.375 e. The molecule has 0 atom stereocenters. The van der Waals surface area contributed by atoms with Crippen LogP contribution in [0.3, 0.4) is 0 Å². The molecule has 0 aromatic carbocycles. The summed E-state index contributed by atoms with van der Waals surface area (Å²) in [7, 11) is 1.65. The number of halogens is 2. The summed E-state index contributed by atoms with van der Waals surface area (Å²) in [4.78, 5) is 10.6. The SMILES string of the molecule is Cn1cc(SCC(F)(F)C(=O)O)cn1. The van der Waals surface area contributed by atoms with E-state index in [0.717, 1.165) is 11.8 Å². The molecule has 0 fully saturated rings. The van der Waals surface area contributed by atoms with Gasteiger partial charge in [0.2, 0.25) is 0 Å². The number of aromatic nitrogens is 2. The average Bonchev–Trinajstić information content (AvgIpc) is 2.48. The van der Waals surface area contributed by atoms with Gasteiger partial charge in [0, 0.05) is 18.1 Å². The molecule has 7 heteroatoms. The number of aliphatic carboxylic acids is 1. The molecule has 0 bridgehead atoms. The molecule has 14 heavy (non-hydrogen) atoms. The van der Waals surface area contributed by atoms with Crippen molar-refractivity contribution in [3.63, 3.8) is 0 Å². The maximum atomic E-state index is 12.6. The Morgan fingerprint density at radius 2 is 2.43 bits per heavy atom. The van der Waals surface area contributed by atoms with Crippen molar-refractivity contribution in [1.29, 1.82) is 0 Å². The highest BCUT2D eigenvalue weighted by Crippen LogP contribution is 2.25. The molecule has 4 nitrogen and oxygen atoms in total. The van der Waals surface area contributed by atoms with Gasteiger partial charge in [0.25, 0.3) is 0 Å². The molecule has 1 aromatic heterocycles. The highest BCUT2D eigenvalue weighted by molar-refractivity contribution is 7.99. The number of nitrogens with zero attached hydrogens (tertiary/aromatic N) is 2. The number of rotatable bonds is 4. The summed E-state index contributed by atoms with van der Waals surface area (Å²) in [6.45, 7) is 0. The van der Waals surface area contributed by atoms with Crippen LogP contribution in [0.2, 0.25) is 0 Å². The quantitative estimate of drug-likeness (QED) is 0.778. The van der Waals surface area contributed by atoms with Gasteiger partial charge in [-0.25, -0.2) is 4.79 Å². The van der Waals surface area contributed by atoms with Crippen LogP contribution < -0.4 is 0 Å². The van der Waals surface area contributed by atoms with E-state index in [9.17, 15) is 13.6 Å². The fourth-order valence-corrected chi connectivity index (χ4v) is 1.53. The van der Waals surface area contributed by atoms with E-state index in [1.165, 1.54) is 10.9 Å². The van der Waals surface area contributed by atoms with E-state index < -0.39 is 17.6 Å². The van der Waals surface area contributed by atoms with Crippen LogP contribution in [-0.2, 0) is 11.8 Å². The lowest BCUT2D eigenvalue weighted by molar-refractivity contribution is -0.161. The second-order valence-electron chi connectivity index (χ2n) is 2.65. The molecule has 78 valence electrons. The third-order valence-corrected chi connectivity index (χ3v) is 2.47. The Hall–Kier alpha value is -1.11. The molecular weight excluding hydrogens is 214 g/mol. The van der Waals surface area contributed by atoms with Crippen molar-refractivity contribution in [3.05, 3.63) is 12.4 Å². The molecule has 0 saturated carbocycles. The monoisotopic (exact) mass is 222 g/mol. The van der Waals surface area contributed by atoms with Gasteiger partial charge >= 0.3 is 11.9 Å². The van der Waals surface area contributed by atoms with E-state index >= 15 is 0 Å². The molecule has 0 saturated heterocycles. The molecule has 1 aromatic rings. The van der Waals surface area contributed by atoms with Gasteiger partial charge in [-0.15, -0.1) is 11.8 Å². The summed E-state index contributed by atoms with van der Waals surface area (Å²) in [5.74, 6) is -6.58. The van der Waals surface area contributed by atoms with E-state index in [-0.39, 0.29) is 0 Å². The average molecular weight is 222 g/mol. The minimum Gasteiger partial charge on any atom is -0.477 e. The summed E-state index contributed by atoms with van der Waals surface area (Å²) in [5.41, 5.74) is 0. The number of carboxylic acids is 1. The molecule has 1 rings (SSSR count). The zero-order valence-electron chi connectivity index (χ0n) is 7.28. The Bertz CT molecular complexity index is 340. The number of thioether (sulfide) groups is 1. The van der Waals surface area contributed by atoms with Crippen LogP contribution in [0.4, 0.5) is 8.78 Å². The lowest BCUT2D eigenvalue weighted by Gasteiger charge is -2.08. The molecule has 0 unspecified atom stereocenters. The van der Waals surface area contributed by atoms with Crippen LogP contribution in [0, 0.1) is 0 Å². The molecule has 0 amide bonds. The van der Waals surface area contributed by atoms with Crippen molar-refractivity contribution in [2.24, 2.45) is 7.05 Å². The predicted octanol–water partition coefficient (Wildman–Crippen LogP) is 1.23. The van der Waals surface area contributed by atoms with Crippen molar-refractivity contribution in [2.75, 3.05) is 5.75 Å². The van der Waals surface area contributed by atoms with Crippen molar-refractivity contribution in [3.8, 4) is 0 Å². The fraction of sp³-hybridized carbons (Fsp3) is 0.429. The Balaban J connectivity index is 2.52. The van der Waals surface area contributed by atoms with Crippen LogP contribution in [0.15, 0.2) is 17.3 Å². The van der Waals surface area contributed by atoms with Gasteiger partial charge in [0.1, 0.15) is 0 Å². The molecule has 0 aliphatic carbocycles. The Morgan fingerprint density at radius 1 is 1.79 bits per heavy atom. The number of aryl methyl sites for hydroxylation is 1. The maximum absolute atomic E-state index is 12.6. The first-order valence-electron chi connectivity index (χ1n) is 3.64. The smallest absolute Gasteiger partial charge is 0.375 e. The number of carbonyl (C=O) groups is 1. The van der Waals surface area contributed by atoms with Gasteiger partial charge in [0.15, 0.2) is 0 Å². The number of carboxylic acid groups (broad SMARTS) is 1. The summed E-state index contributed by atoms with van der Waals surface area (Å²) in [6.07, 6.45) is 2.95. The Kier molecular flexibility index (Phi) is 3.10. The molecular formula is C7H8F2N2O2S. The summed E-state index contributed by atoms with van der Waals surface area (Å²) >= 11 is 0.762. The van der Waals surface area contributed by atoms with Gasteiger partial charge in [-0.3, -0.25) is 4.68 Å². The zero-order chi connectivity index (χ0) is 10.8. The third kappa shape index (κ3) is 2.69. The summed E-state index contributed by atoms with van der Waals surface area (Å²) < 4.78 is 26.6. The molecule has 0 spiro atoms. The third-order valence-electron chi connectivity index (χ3n) is 1.41. The first-order valence-corrected chi connectivity index (χ1v) is 4.63. The van der Waals surface area contributed by atoms with Crippen molar-refractivity contribution in [2.45, 2.75) is 10.8 Å². The molecule has 0 radical (unpaired) electrons. The van der Waals surface area contributed by atoms with E-state index in [2.05, 4.69) is 5.10 Å². The largest absolute Gasteiger partial charge is 0.477 e. The minimum absolute atomic E-state index is 0.522. The second kappa shape index (κ2) is 3.95. The topological polar surface area (TPSA) is 55.1 Å². The number of alkyl halides is 2. The van der Waals surface area contributed by atoms with Crippen LogP contribution in [0.1, 0.15) is 0 Å². The van der Waals surface area contributed by atoms with Gasteiger partial charge in [-0.2, -0.15) is 13.9 Å². The van der Waals surface area contributed by atoms with E-state index in [1.54, 1.807) is 13.2 Å². The first-order chi connectivity index (χ1) is 6.42. The molecule has 0 aliphatic heterocycles. The Morgan fingerprint density at radius 3 is 2.86 bits per heavy atom. The second-order valence-corrected chi connectivity index (χ2v) is 3.70. The first kappa shape index (κ1) is 11.0. The number of hydrogen-bond acceptors (Lipinski definition) is 3. The molecule has 1 heterocycles. The van der Waals surface area contributed by atoms with Crippen LogP contribution >= 0.6 is 11.8 Å². The lowest BCUT2D eigenvalue weighted by atomic mass is 10.4. The van der Waals surface area contributed by atoms with Crippen LogP contribution in [0.5, 0.6) is 0 Å². The minimum atomic E-state index is -3.69. The van der Waals surface area contributed by atoms with Crippen molar-refractivity contribution >= 4 is 17.7 Å². The molecule has 0 aliphatic rings. The lowest BCUT2D eigenvalue weighted by Crippen LogP contribution is -2.30. The zero-order valence-corrected chi connectivity index (χ0v) is 8.09. The van der Waals surface area contributed by atoms with Gasteiger partial charge in [-0.1, -0.05) is 0 Å². The Labute approximate surface area is 82.9 Å². The highest BCUT2D eigenvalue weighted by Gasteiger charge is 2.38. The summed E-state index contributed by atoms with van der Waals surface area (Å²) in [5, 5.41) is 11.9. The van der Waals surface area contributed by atoms with Gasteiger partial charge in [-0.05, 0) is 0 Å².